The van der Waals surface area contributed by atoms with Crippen molar-refractivity contribution in [1.82, 2.24) is 4.90 Å². The standard InChI is InChI=1S/C23H27N/c1-19(21-10-4-3-5-11-21)18-24(2)16-8-9-20-14-15-22-12-6-7-13-23(22)17-20/h3-7,10-15,17,19H,8-9,16,18H2,1-2H3. The van der Waals surface area contributed by atoms with E-state index in [2.05, 4.69) is 91.7 Å². The lowest BCUT2D eigenvalue weighted by molar-refractivity contribution is 0.313. The summed E-state index contributed by atoms with van der Waals surface area (Å²) < 4.78 is 0. The van der Waals surface area contributed by atoms with E-state index in [0.29, 0.717) is 5.92 Å². The number of hydrogen-bond donors (Lipinski definition) is 0. The molecule has 1 nitrogen and oxygen atoms in total. The van der Waals surface area contributed by atoms with E-state index in [1.165, 1.54) is 28.3 Å². The molecule has 0 spiro atoms. The first kappa shape index (κ1) is 16.7. The highest BCUT2D eigenvalue weighted by Crippen LogP contribution is 2.18. The predicted molar refractivity (Wildman–Crippen MR) is 105 cm³/mol. The first-order valence-corrected chi connectivity index (χ1v) is 8.93. The van der Waals surface area contributed by atoms with Crippen LogP contribution in [0, 0.1) is 0 Å². The van der Waals surface area contributed by atoms with Crippen LogP contribution in [0.1, 0.15) is 30.4 Å². The largest absolute Gasteiger partial charge is 0.306 e. The van der Waals surface area contributed by atoms with Crippen molar-refractivity contribution in [1.29, 1.82) is 0 Å². The fourth-order valence-corrected chi connectivity index (χ4v) is 3.39. The molecule has 24 heavy (non-hydrogen) atoms. The van der Waals surface area contributed by atoms with Crippen LogP contribution >= 0.6 is 0 Å². The van der Waals surface area contributed by atoms with Crippen molar-refractivity contribution in [3.8, 4) is 0 Å². The van der Waals surface area contributed by atoms with Crippen LogP contribution in [0.4, 0.5) is 0 Å². The molecule has 0 N–H and O–H groups in total. The topological polar surface area (TPSA) is 3.24 Å². The Morgan fingerprint density at radius 2 is 1.54 bits per heavy atom. The Kier molecular flexibility index (Phi) is 5.66. The first-order chi connectivity index (χ1) is 11.7. The summed E-state index contributed by atoms with van der Waals surface area (Å²) in [4.78, 5) is 2.46. The highest BCUT2D eigenvalue weighted by atomic mass is 15.1. The molecule has 0 saturated heterocycles. The highest BCUT2D eigenvalue weighted by Gasteiger charge is 2.08. The summed E-state index contributed by atoms with van der Waals surface area (Å²) in [6.07, 6.45) is 2.35. The zero-order valence-corrected chi connectivity index (χ0v) is 14.8. The molecule has 0 amide bonds. The third kappa shape index (κ3) is 4.46. The van der Waals surface area contributed by atoms with E-state index in [4.69, 9.17) is 0 Å². The van der Waals surface area contributed by atoms with Crippen LogP contribution in [0.3, 0.4) is 0 Å². The minimum Gasteiger partial charge on any atom is -0.306 e. The molecule has 0 fully saturated rings. The third-order valence-electron chi connectivity index (χ3n) is 4.77. The molecule has 0 saturated carbocycles. The van der Waals surface area contributed by atoms with Crippen LogP contribution in [0.25, 0.3) is 10.8 Å². The van der Waals surface area contributed by atoms with E-state index in [1.54, 1.807) is 0 Å². The number of hydrogen-bond acceptors (Lipinski definition) is 1. The maximum Gasteiger partial charge on any atom is 0.00446 e. The minimum atomic E-state index is 0.580. The van der Waals surface area contributed by atoms with Crippen molar-refractivity contribution in [3.63, 3.8) is 0 Å². The summed E-state index contributed by atoms with van der Waals surface area (Å²) in [5.41, 5.74) is 2.87. The fourth-order valence-electron chi connectivity index (χ4n) is 3.39. The van der Waals surface area contributed by atoms with Gasteiger partial charge in [0.1, 0.15) is 0 Å². The van der Waals surface area contributed by atoms with Crippen LogP contribution in [-0.2, 0) is 6.42 Å². The van der Waals surface area contributed by atoms with E-state index in [-0.39, 0.29) is 0 Å². The molecule has 124 valence electrons. The van der Waals surface area contributed by atoms with Crippen molar-refractivity contribution in [2.45, 2.75) is 25.7 Å². The Morgan fingerprint density at radius 1 is 0.833 bits per heavy atom. The molecule has 0 aliphatic carbocycles. The second kappa shape index (κ2) is 8.12. The maximum atomic E-state index is 2.46. The molecule has 0 aliphatic rings. The molecular formula is C23H27N. The van der Waals surface area contributed by atoms with Crippen molar-refractivity contribution < 1.29 is 0 Å². The van der Waals surface area contributed by atoms with Gasteiger partial charge >= 0.3 is 0 Å². The molecule has 0 aliphatic heterocycles. The quantitative estimate of drug-likeness (QED) is 0.555. The van der Waals surface area contributed by atoms with E-state index in [1.807, 2.05) is 0 Å². The zero-order chi connectivity index (χ0) is 16.8. The van der Waals surface area contributed by atoms with Gasteiger partial charge in [-0.25, -0.2) is 0 Å². The van der Waals surface area contributed by atoms with Gasteiger partial charge in [0.05, 0.1) is 0 Å². The average molecular weight is 317 g/mol. The lowest BCUT2D eigenvalue weighted by Crippen LogP contribution is -2.25. The number of nitrogens with zero attached hydrogens (tertiary/aromatic N) is 1. The lowest BCUT2D eigenvalue weighted by Gasteiger charge is -2.21. The molecule has 0 bridgehead atoms. The third-order valence-corrected chi connectivity index (χ3v) is 4.77. The maximum absolute atomic E-state index is 2.46. The predicted octanol–water partition coefficient (Wildman–Crippen LogP) is 5.51. The van der Waals surface area contributed by atoms with Gasteiger partial charge in [0.15, 0.2) is 0 Å². The summed E-state index contributed by atoms with van der Waals surface area (Å²) >= 11 is 0. The van der Waals surface area contributed by atoms with Crippen molar-refractivity contribution in [2.24, 2.45) is 0 Å². The number of aryl methyl sites for hydroxylation is 1. The van der Waals surface area contributed by atoms with Gasteiger partial charge in [0.2, 0.25) is 0 Å². The highest BCUT2D eigenvalue weighted by molar-refractivity contribution is 5.82. The second-order valence-electron chi connectivity index (χ2n) is 6.86. The second-order valence-corrected chi connectivity index (χ2v) is 6.86. The van der Waals surface area contributed by atoms with E-state index >= 15 is 0 Å². The molecular weight excluding hydrogens is 290 g/mol. The monoisotopic (exact) mass is 317 g/mol. The molecule has 3 rings (SSSR count). The molecule has 1 heteroatoms. The van der Waals surface area contributed by atoms with Crippen LogP contribution in [0.15, 0.2) is 72.8 Å². The van der Waals surface area contributed by atoms with Crippen molar-refractivity contribution in [2.75, 3.05) is 20.1 Å². The summed E-state index contributed by atoms with van der Waals surface area (Å²) in [6, 6.07) is 26.3. The molecule has 3 aromatic rings. The van der Waals surface area contributed by atoms with Gasteiger partial charge in [-0.2, -0.15) is 0 Å². The van der Waals surface area contributed by atoms with Crippen LogP contribution < -0.4 is 0 Å². The Bertz CT molecular complexity index is 763. The van der Waals surface area contributed by atoms with Crippen molar-refractivity contribution in [3.05, 3.63) is 83.9 Å². The Balaban J connectivity index is 1.48. The molecule has 1 atom stereocenters. The smallest absolute Gasteiger partial charge is 0.00446 e. The first-order valence-electron chi connectivity index (χ1n) is 8.93. The fraction of sp³-hybridized carbons (Fsp3) is 0.304. The van der Waals surface area contributed by atoms with E-state index in [0.717, 1.165) is 19.5 Å². The summed E-state index contributed by atoms with van der Waals surface area (Å²) in [5.74, 6) is 0.580. The van der Waals surface area contributed by atoms with Gasteiger partial charge in [-0.3, -0.25) is 0 Å². The Labute approximate surface area is 145 Å². The Hall–Kier alpha value is -2.12. The van der Waals surface area contributed by atoms with Crippen LogP contribution in [-0.4, -0.2) is 25.0 Å². The molecule has 3 aromatic carbocycles. The summed E-state index contributed by atoms with van der Waals surface area (Å²) in [6.45, 7) is 4.57. The summed E-state index contributed by atoms with van der Waals surface area (Å²) in [7, 11) is 2.24. The lowest BCUT2D eigenvalue weighted by atomic mass is 10.0. The van der Waals surface area contributed by atoms with E-state index < -0.39 is 0 Å². The van der Waals surface area contributed by atoms with Crippen LogP contribution in [0.5, 0.6) is 0 Å². The number of fused-ring (bicyclic) bond motifs is 1. The number of likely N-dealkylation sites (N-methyl/N-ethyl adjacent to an activating group) is 1. The molecule has 0 aromatic heterocycles. The normalized spacial score (nSPS) is 12.6. The van der Waals surface area contributed by atoms with Gasteiger partial charge in [0.25, 0.3) is 0 Å². The SMILES string of the molecule is CC(CN(C)CCCc1ccc2ccccc2c1)c1ccccc1. The number of benzene rings is 3. The van der Waals surface area contributed by atoms with Gasteiger partial charge in [-0.05, 0) is 54.3 Å². The van der Waals surface area contributed by atoms with Gasteiger partial charge < -0.3 is 4.90 Å². The van der Waals surface area contributed by atoms with Crippen molar-refractivity contribution >= 4 is 10.8 Å². The van der Waals surface area contributed by atoms with Gasteiger partial charge in [0, 0.05) is 6.54 Å². The summed E-state index contributed by atoms with van der Waals surface area (Å²) in [5, 5.41) is 2.68. The molecule has 1 unspecified atom stereocenters. The minimum absolute atomic E-state index is 0.580. The number of rotatable bonds is 7. The van der Waals surface area contributed by atoms with Gasteiger partial charge in [-0.15, -0.1) is 0 Å². The Morgan fingerprint density at radius 3 is 2.33 bits per heavy atom. The van der Waals surface area contributed by atoms with Crippen LogP contribution in [0.2, 0.25) is 0 Å². The zero-order valence-electron chi connectivity index (χ0n) is 14.8. The van der Waals surface area contributed by atoms with E-state index in [9.17, 15) is 0 Å². The molecule has 0 radical (unpaired) electrons. The average Bonchev–Trinajstić information content (AvgIpc) is 2.62. The van der Waals surface area contributed by atoms with Gasteiger partial charge in [-0.1, -0.05) is 79.7 Å². The molecule has 0 heterocycles.